The molecule has 0 amide bonds. The second-order valence-electron chi connectivity index (χ2n) is 3.79. The molecule has 0 aliphatic carbocycles. The third-order valence-corrected chi connectivity index (χ3v) is 1.81. The molecule has 1 aliphatic heterocycles. The van der Waals surface area contributed by atoms with Crippen LogP contribution >= 0.6 is 0 Å². The first-order chi connectivity index (χ1) is 4.49. The molecule has 0 radical (unpaired) electrons. The molecule has 0 unspecified atom stereocenters. The number of nitrogens with one attached hydrogen (secondary N) is 1. The van der Waals surface area contributed by atoms with Gasteiger partial charge >= 0.3 is 0 Å². The van der Waals surface area contributed by atoms with E-state index in [9.17, 15) is 0 Å². The van der Waals surface area contributed by atoms with Crippen LogP contribution in [0.15, 0.2) is 0 Å². The molecule has 0 aromatic rings. The Labute approximate surface area is 63.0 Å². The molecule has 1 fully saturated rings. The Morgan fingerprint density at radius 1 is 1.40 bits per heavy atom. The Balaban J connectivity index is 2.51. The molecule has 1 aliphatic rings. The van der Waals surface area contributed by atoms with Crippen LogP contribution in [0.4, 0.5) is 0 Å². The predicted molar refractivity (Wildman–Crippen MR) is 41.8 cm³/mol. The van der Waals surface area contributed by atoms with Crippen molar-refractivity contribution in [2.75, 3.05) is 0 Å². The van der Waals surface area contributed by atoms with Gasteiger partial charge in [-0.3, -0.25) is 5.32 Å². The van der Waals surface area contributed by atoms with Crippen LogP contribution in [0.25, 0.3) is 0 Å². The van der Waals surface area contributed by atoms with E-state index in [1.807, 2.05) is 0 Å². The van der Waals surface area contributed by atoms with Gasteiger partial charge in [-0.25, -0.2) is 0 Å². The fraction of sp³-hybridized carbons (Fsp3) is 1.00. The first-order valence-electron chi connectivity index (χ1n) is 3.93. The Hall–Kier alpha value is -0.0800. The minimum absolute atomic E-state index is 0.0596. The minimum Gasteiger partial charge on any atom is -0.358 e. The van der Waals surface area contributed by atoms with Gasteiger partial charge in [0.15, 0.2) is 0 Å². The first kappa shape index (κ1) is 8.02. The zero-order valence-electron chi connectivity index (χ0n) is 7.27. The first-order valence-corrected chi connectivity index (χ1v) is 3.93. The third-order valence-electron chi connectivity index (χ3n) is 1.81. The molecular formula is C8H17NO. The van der Waals surface area contributed by atoms with Gasteiger partial charge in [-0.1, -0.05) is 0 Å². The summed E-state index contributed by atoms with van der Waals surface area (Å²) in [7, 11) is 0. The zero-order chi connectivity index (χ0) is 7.78. The molecule has 1 N–H and O–H groups in total. The zero-order valence-corrected chi connectivity index (χ0v) is 7.27. The summed E-state index contributed by atoms with van der Waals surface area (Å²) >= 11 is 0. The molecule has 2 nitrogen and oxygen atoms in total. The van der Waals surface area contributed by atoms with Crippen molar-refractivity contribution in [3.63, 3.8) is 0 Å². The molecule has 60 valence electrons. The molecular weight excluding hydrogens is 126 g/mol. The Bertz CT molecular complexity index is 110. The predicted octanol–water partition coefficient (Wildman–Crippen LogP) is 1.51. The Morgan fingerprint density at radius 2 is 2.00 bits per heavy atom. The smallest absolute Gasteiger partial charge is 0.106 e. The van der Waals surface area contributed by atoms with E-state index in [1.165, 1.54) is 0 Å². The fourth-order valence-corrected chi connectivity index (χ4v) is 1.76. The molecule has 0 spiro atoms. The second-order valence-corrected chi connectivity index (χ2v) is 3.79. The summed E-state index contributed by atoms with van der Waals surface area (Å²) in [4.78, 5) is 0. The van der Waals surface area contributed by atoms with E-state index in [1.54, 1.807) is 0 Å². The SMILES string of the molecule is C[C@@H]1CC(C)(C)O[C@H](C)N1. The van der Waals surface area contributed by atoms with E-state index in [-0.39, 0.29) is 11.8 Å². The van der Waals surface area contributed by atoms with Crippen molar-refractivity contribution >= 4 is 0 Å². The maximum absolute atomic E-state index is 5.63. The van der Waals surface area contributed by atoms with Crippen molar-refractivity contribution in [1.29, 1.82) is 0 Å². The van der Waals surface area contributed by atoms with Crippen molar-refractivity contribution in [2.24, 2.45) is 0 Å². The summed E-state index contributed by atoms with van der Waals surface area (Å²) in [6, 6.07) is 0.582. The molecule has 1 saturated heterocycles. The van der Waals surface area contributed by atoms with Gasteiger partial charge < -0.3 is 4.74 Å². The largest absolute Gasteiger partial charge is 0.358 e. The van der Waals surface area contributed by atoms with Crippen LogP contribution in [0.1, 0.15) is 34.1 Å². The standard InChI is InChI=1S/C8H17NO/c1-6-5-8(3,4)10-7(2)9-6/h6-7,9H,5H2,1-4H3/t6-,7-/m1/s1. The van der Waals surface area contributed by atoms with E-state index in [0.717, 1.165) is 6.42 Å². The van der Waals surface area contributed by atoms with Crippen LogP contribution in [-0.4, -0.2) is 17.9 Å². The van der Waals surface area contributed by atoms with E-state index < -0.39 is 0 Å². The fourth-order valence-electron chi connectivity index (χ4n) is 1.76. The number of hydrogen-bond donors (Lipinski definition) is 1. The topological polar surface area (TPSA) is 21.3 Å². The van der Waals surface area contributed by atoms with Gasteiger partial charge in [0.1, 0.15) is 6.23 Å². The average Bonchev–Trinajstić information content (AvgIpc) is 1.54. The summed E-state index contributed by atoms with van der Waals surface area (Å²) in [6.45, 7) is 8.53. The lowest BCUT2D eigenvalue weighted by Crippen LogP contribution is -2.50. The summed E-state index contributed by atoms with van der Waals surface area (Å²) < 4.78 is 5.63. The number of ether oxygens (including phenoxy) is 1. The molecule has 2 heteroatoms. The van der Waals surface area contributed by atoms with Crippen LogP contribution in [0.3, 0.4) is 0 Å². The van der Waals surface area contributed by atoms with Gasteiger partial charge in [0.05, 0.1) is 5.60 Å². The highest BCUT2D eigenvalue weighted by Gasteiger charge is 2.29. The molecule has 0 saturated carbocycles. The number of hydrogen-bond acceptors (Lipinski definition) is 2. The van der Waals surface area contributed by atoms with Gasteiger partial charge in [-0.2, -0.15) is 0 Å². The molecule has 0 bridgehead atoms. The molecule has 0 aromatic heterocycles. The van der Waals surface area contributed by atoms with Gasteiger partial charge in [-0.05, 0) is 34.1 Å². The number of rotatable bonds is 0. The molecule has 1 heterocycles. The lowest BCUT2D eigenvalue weighted by atomic mass is 9.98. The molecule has 0 aromatic carbocycles. The normalized spacial score (nSPS) is 39.6. The summed E-state index contributed by atoms with van der Waals surface area (Å²) in [5.74, 6) is 0. The Kier molecular flexibility index (Phi) is 2.02. The van der Waals surface area contributed by atoms with Crippen LogP contribution in [-0.2, 0) is 4.74 Å². The lowest BCUT2D eigenvalue weighted by Gasteiger charge is -2.38. The van der Waals surface area contributed by atoms with Crippen LogP contribution < -0.4 is 5.32 Å². The van der Waals surface area contributed by atoms with Crippen molar-refractivity contribution in [3.8, 4) is 0 Å². The highest BCUT2D eigenvalue weighted by atomic mass is 16.5. The Morgan fingerprint density at radius 3 is 2.40 bits per heavy atom. The molecule has 10 heavy (non-hydrogen) atoms. The van der Waals surface area contributed by atoms with Crippen molar-refractivity contribution < 1.29 is 4.74 Å². The van der Waals surface area contributed by atoms with Gasteiger partial charge in [0.25, 0.3) is 0 Å². The highest BCUT2D eigenvalue weighted by molar-refractivity contribution is 4.81. The maximum atomic E-state index is 5.63. The van der Waals surface area contributed by atoms with Gasteiger partial charge in [0, 0.05) is 6.04 Å². The van der Waals surface area contributed by atoms with E-state index in [4.69, 9.17) is 4.74 Å². The second kappa shape index (κ2) is 2.51. The van der Waals surface area contributed by atoms with Crippen LogP contribution in [0.5, 0.6) is 0 Å². The van der Waals surface area contributed by atoms with E-state index in [0.29, 0.717) is 6.04 Å². The van der Waals surface area contributed by atoms with Crippen molar-refractivity contribution in [1.82, 2.24) is 5.32 Å². The van der Waals surface area contributed by atoms with Crippen LogP contribution in [0.2, 0.25) is 0 Å². The quantitative estimate of drug-likeness (QED) is 0.555. The van der Waals surface area contributed by atoms with Crippen LogP contribution in [0, 0.1) is 0 Å². The van der Waals surface area contributed by atoms with Crippen molar-refractivity contribution in [2.45, 2.75) is 52.0 Å². The van der Waals surface area contributed by atoms with Crippen molar-refractivity contribution in [3.05, 3.63) is 0 Å². The maximum Gasteiger partial charge on any atom is 0.106 e. The van der Waals surface area contributed by atoms with E-state index in [2.05, 4.69) is 33.0 Å². The average molecular weight is 143 g/mol. The lowest BCUT2D eigenvalue weighted by molar-refractivity contribution is -0.120. The third kappa shape index (κ3) is 1.96. The molecule has 2 atom stereocenters. The molecule has 1 rings (SSSR count). The minimum atomic E-state index is 0.0596. The monoisotopic (exact) mass is 143 g/mol. The summed E-state index contributed by atoms with van der Waals surface area (Å²) in [6.07, 6.45) is 1.30. The summed E-state index contributed by atoms with van der Waals surface area (Å²) in [5, 5.41) is 3.31. The highest BCUT2D eigenvalue weighted by Crippen LogP contribution is 2.22. The van der Waals surface area contributed by atoms with E-state index >= 15 is 0 Å². The van der Waals surface area contributed by atoms with Gasteiger partial charge in [-0.15, -0.1) is 0 Å². The van der Waals surface area contributed by atoms with Gasteiger partial charge in [0.2, 0.25) is 0 Å². The summed E-state index contributed by atoms with van der Waals surface area (Å²) in [5.41, 5.74) is 0.0596.